The van der Waals surface area contributed by atoms with E-state index in [1.165, 1.54) is 11.2 Å². The summed E-state index contributed by atoms with van der Waals surface area (Å²) in [6.07, 6.45) is 3.89. The van der Waals surface area contributed by atoms with E-state index in [2.05, 4.69) is 5.32 Å². The van der Waals surface area contributed by atoms with Crippen molar-refractivity contribution in [2.75, 3.05) is 23.1 Å². The van der Waals surface area contributed by atoms with Crippen LogP contribution in [0.1, 0.15) is 38.2 Å². The predicted octanol–water partition coefficient (Wildman–Crippen LogP) is 1.06. The zero-order valence-corrected chi connectivity index (χ0v) is 17.9. The maximum Gasteiger partial charge on any atom is 0.243 e. The third-order valence-electron chi connectivity index (χ3n) is 6.48. The van der Waals surface area contributed by atoms with Gasteiger partial charge in [0, 0.05) is 13.1 Å². The second-order valence-electron chi connectivity index (χ2n) is 8.28. The molecule has 4 rings (SSSR count). The number of hydrogen-bond acceptors (Lipinski definition) is 5. The van der Waals surface area contributed by atoms with E-state index < -0.39 is 22.0 Å². The summed E-state index contributed by atoms with van der Waals surface area (Å²) in [6, 6.07) is 6.44. The van der Waals surface area contributed by atoms with E-state index in [0.717, 1.165) is 23.3 Å². The number of likely N-dealkylation sites (tertiary alicyclic amines) is 1. The van der Waals surface area contributed by atoms with Gasteiger partial charge in [-0.2, -0.15) is 0 Å². The number of carbonyl (C=O) groups excluding carboxylic acids is 3. The lowest BCUT2D eigenvalue weighted by molar-refractivity contribution is -0.147. The Hall–Kier alpha value is -2.42. The number of amides is 3. The van der Waals surface area contributed by atoms with Crippen LogP contribution < -0.4 is 9.62 Å². The highest BCUT2D eigenvalue weighted by Gasteiger charge is 2.50. The van der Waals surface area contributed by atoms with Gasteiger partial charge in [0.05, 0.1) is 23.3 Å². The Morgan fingerprint density at radius 3 is 2.43 bits per heavy atom. The first-order chi connectivity index (χ1) is 14.3. The van der Waals surface area contributed by atoms with Crippen molar-refractivity contribution < 1.29 is 22.8 Å². The zero-order chi connectivity index (χ0) is 21.5. The summed E-state index contributed by atoms with van der Waals surface area (Å²) in [4.78, 5) is 38.9. The highest BCUT2D eigenvalue weighted by molar-refractivity contribution is 7.92. The van der Waals surface area contributed by atoms with E-state index in [0.29, 0.717) is 31.5 Å². The maximum atomic E-state index is 12.7. The van der Waals surface area contributed by atoms with Gasteiger partial charge in [-0.1, -0.05) is 31.0 Å². The van der Waals surface area contributed by atoms with Crippen LogP contribution in [0.25, 0.3) is 0 Å². The normalized spacial score (nSPS) is 24.6. The summed E-state index contributed by atoms with van der Waals surface area (Å²) in [5, 5.41) is 2.59. The van der Waals surface area contributed by atoms with E-state index >= 15 is 0 Å². The number of benzene rings is 1. The summed E-state index contributed by atoms with van der Waals surface area (Å²) in [7, 11) is -3.58. The Labute approximate surface area is 176 Å². The highest BCUT2D eigenvalue weighted by Crippen LogP contribution is 2.38. The molecule has 1 N–H and O–H groups in total. The van der Waals surface area contributed by atoms with Crippen molar-refractivity contribution in [3.05, 3.63) is 29.8 Å². The molecule has 3 amide bonds. The first kappa shape index (κ1) is 20.8. The van der Waals surface area contributed by atoms with Crippen LogP contribution >= 0.6 is 0 Å². The van der Waals surface area contributed by atoms with Gasteiger partial charge in [0.25, 0.3) is 0 Å². The molecule has 2 aliphatic heterocycles. The zero-order valence-electron chi connectivity index (χ0n) is 17.0. The molecule has 2 fully saturated rings. The topological polar surface area (TPSA) is 104 Å². The molecule has 2 heterocycles. The number of carbonyl (C=O) groups is 3. The third-order valence-corrected chi connectivity index (χ3v) is 8.25. The summed E-state index contributed by atoms with van der Waals surface area (Å²) in [5.41, 5.74) is 1.68. The monoisotopic (exact) mass is 433 g/mol. The first-order valence-corrected chi connectivity index (χ1v) is 12.1. The van der Waals surface area contributed by atoms with Crippen LogP contribution in [0.4, 0.5) is 5.69 Å². The van der Waals surface area contributed by atoms with Gasteiger partial charge < -0.3 is 5.32 Å². The van der Waals surface area contributed by atoms with Gasteiger partial charge in [0.2, 0.25) is 27.7 Å². The minimum Gasteiger partial charge on any atom is -0.353 e. The molecule has 1 saturated heterocycles. The van der Waals surface area contributed by atoms with Crippen molar-refractivity contribution in [3.8, 4) is 0 Å². The number of anilines is 1. The van der Waals surface area contributed by atoms with Crippen LogP contribution in [0, 0.1) is 11.8 Å². The van der Waals surface area contributed by atoms with Crippen molar-refractivity contribution in [1.82, 2.24) is 10.2 Å². The van der Waals surface area contributed by atoms with Crippen LogP contribution in [0.2, 0.25) is 0 Å². The smallest absolute Gasteiger partial charge is 0.243 e. The Kier molecular flexibility index (Phi) is 5.57. The van der Waals surface area contributed by atoms with Gasteiger partial charge in [-0.3, -0.25) is 23.6 Å². The molecule has 1 aliphatic carbocycles. The second kappa shape index (κ2) is 8.02. The number of rotatable bonds is 6. The number of hydrogen-bond donors (Lipinski definition) is 1. The fourth-order valence-electron chi connectivity index (χ4n) is 4.84. The van der Waals surface area contributed by atoms with Gasteiger partial charge in [0.15, 0.2) is 0 Å². The molecule has 30 heavy (non-hydrogen) atoms. The molecule has 3 aliphatic rings. The van der Waals surface area contributed by atoms with Crippen molar-refractivity contribution in [2.24, 2.45) is 11.8 Å². The summed E-state index contributed by atoms with van der Waals surface area (Å²) in [5.74, 6) is -1.91. The van der Waals surface area contributed by atoms with Crippen LogP contribution in [-0.2, 0) is 30.8 Å². The fraction of sp³-hybridized carbons (Fsp3) is 0.571. The quantitative estimate of drug-likeness (QED) is 0.676. The van der Waals surface area contributed by atoms with Gasteiger partial charge in [0.1, 0.15) is 6.04 Å². The first-order valence-electron chi connectivity index (χ1n) is 10.5. The second-order valence-corrected chi connectivity index (χ2v) is 10.3. The van der Waals surface area contributed by atoms with Crippen LogP contribution in [0.5, 0.6) is 0 Å². The third kappa shape index (κ3) is 3.59. The molecule has 0 aromatic heterocycles. The van der Waals surface area contributed by atoms with Crippen molar-refractivity contribution in [2.45, 2.75) is 45.1 Å². The van der Waals surface area contributed by atoms with Gasteiger partial charge in [-0.25, -0.2) is 8.42 Å². The van der Waals surface area contributed by atoms with Crippen molar-refractivity contribution >= 4 is 33.4 Å². The largest absolute Gasteiger partial charge is 0.353 e. The molecule has 1 aromatic carbocycles. The molecule has 3 atom stereocenters. The predicted molar refractivity (Wildman–Crippen MR) is 111 cm³/mol. The van der Waals surface area contributed by atoms with Crippen LogP contribution in [-0.4, -0.2) is 55.9 Å². The Morgan fingerprint density at radius 2 is 1.77 bits per heavy atom. The number of imide groups is 1. The lowest BCUT2D eigenvalue weighted by atomic mass is 9.81. The summed E-state index contributed by atoms with van der Waals surface area (Å²) >= 11 is 0. The van der Waals surface area contributed by atoms with Crippen LogP contribution in [0.15, 0.2) is 24.3 Å². The minimum atomic E-state index is -3.58. The SMILES string of the molecule is C[C@H](C(=O)NCCS(=O)(=O)N1CCc2ccccc21)N1C(=O)[C@@H]2CCCC[C@H]2C1=O. The molecule has 1 saturated carbocycles. The average molecular weight is 434 g/mol. The number of fused-ring (bicyclic) bond motifs is 2. The number of nitrogens with zero attached hydrogens (tertiary/aromatic N) is 2. The lowest BCUT2D eigenvalue weighted by Crippen LogP contribution is -2.49. The molecule has 0 radical (unpaired) electrons. The Morgan fingerprint density at radius 1 is 1.13 bits per heavy atom. The van der Waals surface area contributed by atoms with E-state index in [9.17, 15) is 22.8 Å². The molecule has 1 aromatic rings. The molecule has 0 spiro atoms. The lowest BCUT2D eigenvalue weighted by Gasteiger charge is -2.23. The van der Waals surface area contributed by atoms with Gasteiger partial charge in [-0.05, 0) is 37.8 Å². The molecular formula is C21H27N3O5S. The minimum absolute atomic E-state index is 0.0761. The Balaban J connectivity index is 1.35. The van der Waals surface area contributed by atoms with E-state index in [4.69, 9.17) is 0 Å². The van der Waals surface area contributed by atoms with E-state index in [1.54, 1.807) is 12.1 Å². The number of sulfonamides is 1. The molecule has 8 nitrogen and oxygen atoms in total. The number of para-hydroxylation sites is 1. The fourth-order valence-corrected chi connectivity index (χ4v) is 6.27. The van der Waals surface area contributed by atoms with Crippen molar-refractivity contribution in [1.29, 1.82) is 0 Å². The van der Waals surface area contributed by atoms with Crippen LogP contribution in [0.3, 0.4) is 0 Å². The van der Waals surface area contributed by atoms with E-state index in [1.807, 2.05) is 12.1 Å². The average Bonchev–Trinajstić information content (AvgIpc) is 3.28. The Bertz CT molecular complexity index is 953. The summed E-state index contributed by atoms with van der Waals surface area (Å²) < 4.78 is 26.9. The molecule has 162 valence electrons. The maximum absolute atomic E-state index is 12.7. The highest BCUT2D eigenvalue weighted by atomic mass is 32.2. The van der Waals surface area contributed by atoms with Gasteiger partial charge in [-0.15, -0.1) is 0 Å². The molecule has 0 unspecified atom stereocenters. The van der Waals surface area contributed by atoms with E-state index in [-0.39, 0.29) is 35.9 Å². The molecular weight excluding hydrogens is 406 g/mol. The van der Waals surface area contributed by atoms with Crippen molar-refractivity contribution in [3.63, 3.8) is 0 Å². The summed E-state index contributed by atoms with van der Waals surface area (Å²) in [6.45, 7) is 1.84. The molecule has 9 heteroatoms. The number of nitrogens with one attached hydrogen (secondary N) is 1. The van der Waals surface area contributed by atoms with Gasteiger partial charge >= 0.3 is 0 Å². The standard InChI is InChI=1S/C21H27N3O5S/c1-14(24-20(26)16-7-3-4-8-17(16)21(24)27)19(25)22-11-13-30(28,29)23-12-10-15-6-2-5-9-18(15)23/h2,5-6,9,14,16-17H,3-4,7-8,10-13H2,1H3,(H,22,25)/t14-,16-,17-/m1/s1. The molecule has 0 bridgehead atoms.